The van der Waals surface area contributed by atoms with Gasteiger partial charge in [-0.3, -0.25) is 4.79 Å². The molecule has 0 heterocycles. The topological polar surface area (TPSA) is 72.5 Å². The quantitative estimate of drug-likeness (QED) is 0.294. The molecule has 0 aromatic heterocycles. The summed E-state index contributed by atoms with van der Waals surface area (Å²) in [5, 5.41) is 0. The Balaban J connectivity index is 2.89. The molecule has 2 rings (SSSR count). The second kappa shape index (κ2) is 11.2. The van der Waals surface area contributed by atoms with E-state index in [0.717, 1.165) is 11.1 Å². The van der Waals surface area contributed by atoms with Crippen LogP contribution in [0.15, 0.2) is 30.3 Å². The van der Waals surface area contributed by atoms with Gasteiger partial charge in [-0.1, -0.05) is 25.7 Å². The van der Waals surface area contributed by atoms with E-state index in [2.05, 4.69) is 19.6 Å². The zero-order chi connectivity index (χ0) is 26.6. The molecule has 0 N–H and O–H groups in total. The first kappa shape index (κ1) is 28.4. The third kappa shape index (κ3) is 6.63. The summed E-state index contributed by atoms with van der Waals surface area (Å²) < 4.78 is 33.8. The highest BCUT2D eigenvalue weighted by atomic mass is 28.3. The number of methoxy groups -OCH3 is 5. The number of hydrogen-bond acceptors (Lipinski definition) is 7. The Morgan fingerprint density at radius 3 is 1.60 bits per heavy atom. The zero-order valence-electron chi connectivity index (χ0n) is 22.9. The average molecular weight is 505 g/mol. The van der Waals surface area contributed by atoms with Crippen LogP contribution in [0.4, 0.5) is 0 Å². The van der Waals surface area contributed by atoms with E-state index in [1.807, 2.05) is 51.1 Å². The van der Waals surface area contributed by atoms with E-state index in [-0.39, 0.29) is 11.9 Å². The third-order valence-electron chi connectivity index (χ3n) is 5.74. The molecular formula is C27H40O7Si. The van der Waals surface area contributed by atoms with Crippen LogP contribution < -0.4 is 23.7 Å². The van der Waals surface area contributed by atoms with Gasteiger partial charge in [0.25, 0.3) is 0 Å². The molecule has 2 aromatic rings. The smallest absolute Gasteiger partial charge is 0.307 e. The lowest BCUT2D eigenvalue weighted by Gasteiger charge is -2.37. The largest absolute Gasteiger partial charge is 0.493 e. The number of carbonyl (C=O) groups excluding carboxylic acids is 1. The molecular weight excluding hydrogens is 464 g/mol. The molecule has 0 aliphatic heterocycles. The molecule has 2 aromatic carbocycles. The molecule has 194 valence electrons. The molecule has 0 aliphatic carbocycles. The van der Waals surface area contributed by atoms with E-state index < -0.39 is 19.2 Å². The summed E-state index contributed by atoms with van der Waals surface area (Å²) in [7, 11) is 5.76. The molecule has 0 bridgehead atoms. The first-order valence-corrected chi connectivity index (χ1v) is 15.1. The summed E-state index contributed by atoms with van der Waals surface area (Å²) in [5.41, 5.74) is 0.717. The van der Waals surface area contributed by atoms with Crippen molar-refractivity contribution in [3.05, 3.63) is 41.5 Å². The van der Waals surface area contributed by atoms with Gasteiger partial charge in [0.1, 0.15) is 5.60 Å². The fourth-order valence-electron chi connectivity index (χ4n) is 4.26. The van der Waals surface area contributed by atoms with Crippen LogP contribution in [0.25, 0.3) is 0 Å². The van der Waals surface area contributed by atoms with Gasteiger partial charge in [-0.15, -0.1) is 0 Å². The van der Waals surface area contributed by atoms with E-state index in [1.165, 1.54) is 0 Å². The molecule has 0 saturated carbocycles. The van der Waals surface area contributed by atoms with Crippen LogP contribution in [0, 0.1) is 0 Å². The van der Waals surface area contributed by atoms with Gasteiger partial charge in [-0.05, 0) is 56.2 Å². The summed E-state index contributed by atoms with van der Waals surface area (Å²) in [6.07, 6.45) is 0. The van der Waals surface area contributed by atoms with E-state index >= 15 is 0 Å². The standard InChI is InChI=1S/C27H40O7Si/c1-27(2,3)34-26(28)25(35(9,10)11)23(17-12-13-19(29-4)20(14-17)30-5)18-15-21(31-6)24(33-8)22(16-18)32-7/h12-16,23,25H,1-11H3. The summed E-state index contributed by atoms with van der Waals surface area (Å²) >= 11 is 0. The maximum atomic E-state index is 13.8. The number of ether oxygens (including phenoxy) is 6. The number of benzene rings is 2. The van der Waals surface area contributed by atoms with Crippen molar-refractivity contribution in [2.24, 2.45) is 0 Å². The van der Waals surface area contributed by atoms with Gasteiger partial charge in [0.15, 0.2) is 23.0 Å². The van der Waals surface area contributed by atoms with Crippen molar-refractivity contribution < 1.29 is 33.2 Å². The van der Waals surface area contributed by atoms with Crippen LogP contribution >= 0.6 is 0 Å². The number of hydrogen-bond donors (Lipinski definition) is 0. The Morgan fingerprint density at radius 1 is 0.714 bits per heavy atom. The Labute approximate surface area is 210 Å². The lowest BCUT2D eigenvalue weighted by molar-refractivity contribution is -0.155. The molecule has 0 aliphatic rings. The molecule has 2 unspecified atom stereocenters. The third-order valence-corrected chi connectivity index (χ3v) is 8.18. The van der Waals surface area contributed by atoms with Crippen molar-refractivity contribution in [1.82, 2.24) is 0 Å². The first-order valence-electron chi connectivity index (χ1n) is 11.6. The SMILES string of the molecule is COc1ccc(C(c2cc(OC)c(OC)c(OC)c2)C(C(=O)OC(C)(C)C)[Si](C)(C)C)cc1OC. The summed E-state index contributed by atoms with van der Waals surface area (Å²) in [4.78, 5) is 13.8. The van der Waals surface area contributed by atoms with Crippen molar-refractivity contribution >= 4 is 14.0 Å². The van der Waals surface area contributed by atoms with Crippen LogP contribution in [0.5, 0.6) is 28.7 Å². The minimum absolute atomic E-state index is 0.231. The van der Waals surface area contributed by atoms with Gasteiger partial charge >= 0.3 is 5.97 Å². The molecule has 2 atom stereocenters. The summed E-state index contributed by atoms with van der Waals surface area (Å²) in [6, 6.07) is 9.55. The molecule has 8 heteroatoms. The molecule has 0 saturated heterocycles. The second-order valence-corrected chi connectivity index (χ2v) is 15.8. The molecule has 7 nitrogen and oxygen atoms in total. The first-order chi connectivity index (χ1) is 16.3. The highest BCUT2D eigenvalue weighted by Gasteiger charge is 2.44. The molecule has 0 radical (unpaired) electrons. The average Bonchev–Trinajstić information content (AvgIpc) is 2.78. The molecule has 0 fully saturated rings. The molecule has 35 heavy (non-hydrogen) atoms. The van der Waals surface area contributed by atoms with E-state index in [0.29, 0.717) is 28.7 Å². The zero-order valence-corrected chi connectivity index (χ0v) is 23.9. The Hall–Kier alpha value is -2.87. The van der Waals surface area contributed by atoms with Crippen molar-refractivity contribution in [3.63, 3.8) is 0 Å². The van der Waals surface area contributed by atoms with E-state index in [4.69, 9.17) is 28.4 Å². The lowest BCUT2D eigenvalue weighted by Crippen LogP contribution is -2.41. The highest BCUT2D eigenvalue weighted by Crippen LogP contribution is 2.49. The van der Waals surface area contributed by atoms with Gasteiger partial charge in [-0.2, -0.15) is 0 Å². The fourth-order valence-corrected chi connectivity index (χ4v) is 6.41. The highest BCUT2D eigenvalue weighted by molar-refractivity contribution is 6.80. The molecule has 0 amide bonds. The Bertz CT molecular complexity index is 996. The van der Waals surface area contributed by atoms with E-state index in [1.54, 1.807) is 35.5 Å². The predicted octanol–water partition coefficient (Wildman–Crippen LogP) is 5.91. The van der Waals surface area contributed by atoms with Crippen molar-refractivity contribution in [2.45, 2.75) is 57.5 Å². The van der Waals surface area contributed by atoms with Gasteiger partial charge < -0.3 is 28.4 Å². The van der Waals surface area contributed by atoms with Crippen LogP contribution in [-0.4, -0.2) is 55.2 Å². The Morgan fingerprint density at radius 2 is 1.20 bits per heavy atom. The lowest BCUT2D eigenvalue weighted by atomic mass is 9.87. The van der Waals surface area contributed by atoms with Gasteiger partial charge in [0, 0.05) is 5.92 Å². The summed E-state index contributed by atoms with van der Waals surface area (Å²) in [5.74, 6) is 2.14. The van der Waals surface area contributed by atoms with Crippen LogP contribution in [0.2, 0.25) is 25.2 Å². The monoisotopic (exact) mass is 504 g/mol. The van der Waals surface area contributed by atoms with Gasteiger partial charge in [-0.25, -0.2) is 0 Å². The van der Waals surface area contributed by atoms with Gasteiger partial charge in [0.2, 0.25) is 5.75 Å². The van der Waals surface area contributed by atoms with Crippen molar-refractivity contribution in [2.75, 3.05) is 35.5 Å². The normalized spacial score (nSPS) is 13.5. The number of esters is 1. The van der Waals surface area contributed by atoms with Crippen LogP contribution in [0.3, 0.4) is 0 Å². The van der Waals surface area contributed by atoms with Crippen molar-refractivity contribution in [1.29, 1.82) is 0 Å². The maximum Gasteiger partial charge on any atom is 0.307 e. The summed E-state index contributed by atoms with van der Waals surface area (Å²) in [6.45, 7) is 12.2. The van der Waals surface area contributed by atoms with Crippen LogP contribution in [0.1, 0.15) is 37.8 Å². The minimum atomic E-state index is -2.16. The van der Waals surface area contributed by atoms with Gasteiger partial charge in [0.05, 0.1) is 49.2 Å². The minimum Gasteiger partial charge on any atom is -0.493 e. The van der Waals surface area contributed by atoms with Crippen LogP contribution in [-0.2, 0) is 9.53 Å². The fraction of sp³-hybridized carbons (Fsp3) is 0.519. The number of rotatable bonds is 10. The predicted molar refractivity (Wildman–Crippen MR) is 140 cm³/mol. The number of carbonyl (C=O) groups is 1. The van der Waals surface area contributed by atoms with Crippen molar-refractivity contribution in [3.8, 4) is 28.7 Å². The maximum absolute atomic E-state index is 13.8. The van der Waals surface area contributed by atoms with E-state index in [9.17, 15) is 4.79 Å². The Kier molecular flexibility index (Phi) is 9.11. The second-order valence-electron chi connectivity index (χ2n) is 10.4. The molecule has 0 spiro atoms.